The fourth-order valence-corrected chi connectivity index (χ4v) is 2.41. The second kappa shape index (κ2) is 5.11. The van der Waals surface area contributed by atoms with Crippen molar-refractivity contribution in [2.24, 2.45) is 5.73 Å². The van der Waals surface area contributed by atoms with E-state index in [0.29, 0.717) is 18.2 Å². The minimum absolute atomic E-state index is 0.274. The van der Waals surface area contributed by atoms with Crippen LogP contribution < -0.4 is 15.2 Å². The molecule has 2 N–H and O–H groups in total. The maximum atomic E-state index is 6.27. The summed E-state index contributed by atoms with van der Waals surface area (Å²) in [5.74, 6) is 1.51. The van der Waals surface area contributed by atoms with Crippen molar-refractivity contribution in [3.05, 3.63) is 58.6 Å². The number of halogens is 1. The Morgan fingerprint density at radius 2 is 1.74 bits per heavy atom. The smallest absolute Gasteiger partial charge is 0.161 e. The summed E-state index contributed by atoms with van der Waals surface area (Å²) in [7, 11) is 0. The van der Waals surface area contributed by atoms with Gasteiger partial charge in [-0.25, -0.2) is 0 Å². The van der Waals surface area contributed by atoms with Crippen LogP contribution in [0, 0.1) is 0 Å². The molecule has 2 aromatic rings. The third kappa shape index (κ3) is 2.39. The van der Waals surface area contributed by atoms with Gasteiger partial charge in [0.25, 0.3) is 0 Å². The van der Waals surface area contributed by atoms with E-state index in [1.807, 2.05) is 42.5 Å². The third-order valence-corrected chi connectivity index (χ3v) is 3.51. The molecule has 98 valence electrons. The Balaban J connectivity index is 1.96. The van der Waals surface area contributed by atoms with Gasteiger partial charge < -0.3 is 15.2 Å². The van der Waals surface area contributed by atoms with Crippen LogP contribution in [0.5, 0.6) is 11.5 Å². The Kier molecular flexibility index (Phi) is 3.32. The van der Waals surface area contributed by atoms with E-state index in [1.165, 1.54) is 0 Å². The Hall–Kier alpha value is -1.71. The predicted molar refractivity (Wildman–Crippen MR) is 74.9 cm³/mol. The highest BCUT2D eigenvalue weighted by atomic mass is 35.5. The van der Waals surface area contributed by atoms with E-state index in [-0.39, 0.29) is 6.04 Å². The summed E-state index contributed by atoms with van der Waals surface area (Å²) < 4.78 is 11.1. The van der Waals surface area contributed by atoms with Crippen molar-refractivity contribution in [3.8, 4) is 11.5 Å². The summed E-state index contributed by atoms with van der Waals surface area (Å²) >= 11 is 6.18. The molecule has 3 rings (SSSR count). The lowest BCUT2D eigenvalue weighted by atomic mass is 9.99. The predicted octanol–water partition coefficient (Wildman–Crippen LogP) is 3.16. The normalized spacial score (nSPS) is 15.1. The first-order valence-electron chi connectivity index (χ1n) is 6.15. The van der Waals surface area contributed by atoms with Gasteiger partial charge in [0, 0.05) is 5.02 Å². The van der Waals surface area contributed by atoms with Crippen LogP contribution in [-0.2, 0) is 0 Å². The average Bonchev–Trinajstić information content (AvgIpc) is 2.46. The van der Waals surface area contributed by atoms with Gasteiger partial charge in [-0.2, -0.15) is 0 Å². The highest BCUT2D eigenvalue weighted by molar-refractivity contribution is 6.31. The zero-order valence-corrected chi connectivity index (χ0v) is 11.1. The van der Waals surface area contributed by atoms with Gasteiger partial charge in [0.1, 0.15) is 13.2 Å². The SMILES string of the molecule is N[C@H](c1ccc2c(c1)OCCO2)c1ccccc1Cl. The fourth-order valence-electron chi connectivity index (χ4n) is 2.16. The number of ether oxygens (including phenoxy) is 2. The molecule has 0 amide bonds. The Morgan fingerprint density at radius 3 is 2.53 bits per heavy atom. The van der Waals surface area contributed by atoms with Gasteiger partial charge in [-0.15, -0.1) is 0 Å². The molecule has 4 heteroatoms. The molecule has 0 unspecified atom stereocenters. The molecule has 0 saturated heterocycles. The molecule has 1 heterocycles. The van der Waals surface area contributed by atoms with Crippen LogP contribution >= 0.6 is 11.6 Å². The molecular formula is C15H14ClNO2. The zero-order valence-electron chi connectivity index (χ0n) is 10.3. The number of hydrogen-bond donors (Lipinski definition) is 1. The van der Waals surface area contributed by atoms with E-state index < -0.39 is 0 Å². The largest absolute Gasteiger partial charge is 0.486 e. The molecule has 0 fully saturated rings. The summed E-state index contributed by atoms with van der Waals surface area (Å²) in [5, 5.41) is 0.671. The minimum Gasteiger partial charge on any atom is -0.486 e. The van der Waals surface area contributed by atoms with E-state index in [1.54, 1.807) is 0 Å². The minimum atomic E-state index is -0.274. The Labute approximate surface area is 116 Å². The molecule has 0 aromatic heterocycles. The molecule has 1 aliphatic rings. The standard InChI is InChI=1S/C15H14ClNO2/c16-12-4-2-1-3-11(12)15(17)10-5-6-13-14(9-10)19-8-7-18-13/h1-6,9,15H,7-8,17H2/t15-/m1/s1. The van der Waals surface area contributed by atoms with Crippen molar-refractivity contribution in [3.63, 3.8) is 0 Å². The van der Waals surface area contributed by atoms with Gasteiger partial charge in [-0.1, -0.05) is 35.9 Å². The average molecular weight is 276 g/mol. The van der Waals surface area contributed by atoms with Crippen molar-refractivity contribution in [2.45, 2.75) is 6.04 Å². The summed E-state index contributed by atoms with van der Waals surface area (Å²) in [6.45, 7) is 1.15. The second-order valence-corrected chi connectivity index (χ2v) is 4.81. The van der Waals surface area contributed by atoms with Gasteiger partial charge >= 0.3 is 0 Å². The number of benzene rings is 2. The van der Waals surface area contributed by atoms with Crippen LogP contribution in [0.2, 0.25) is 5.02 Å². The van der Waals surface area contributed by atoms with E-state index in [4.69, 9.17) is 26.8 Å². The molecular weight excluding hydrogens is 262 g/mol. The third-order valence-electron chi connectivity index (χ3n) is 3.17. The first-order chi connectivity index (χ1) is 9.25. The molecule has 0 saturated carbocycles. The summed E-state index contributed by atoms with van der Waals surface area (Å²) in [5.41, 5.74) is 8.13. The highest BCUT2D eigenvalue weighted by Crippen LogP contribution is 2.34. The molecule has 3 nitrogen and oxygen atoms in total. The van der Waals surface area contributed by atoms with Crippen molar-refractivity contribution in [1.82, 2.24) is 0 Å². The Bertz CT molecular complexity index is 600. The van der Waals surface area contributed by atoms with Crippen LogP contribution in [-0.4, -0.2) is 13.2 Å². The van der Waals surface area contributed by atoms with Gasteiger partial charge in [0.15, 0.2) is 11.5 Å². The van der Waals surface area contributed by atoms with Crippen LogP contribution in [0.15, 0.2) is 42.5 Å². The fraction of sp³-hybridized carbons (Fsp3) is 0.200. The van der Waals surface area contributed by atoms with E-state index in [2.05, 4.69) is 0 Å². The topological polar surface area (TPSA) is 44.5 Å². The van der Waals surface area contributed by atoms with E-state index >= 15 is 0 Å². The number of rotatable bonds is 2. The van der Waals surface area contributed by atoms with Crippen molar-refractivity contribution in [2.75, 3.05) is 13.2 Å². The molecule has 0 spiro atoms. The first-order valence-corrected chi connectivity index (χ1v) is 6.53. The lowest BCUT2D eigenvalue weighted by Crippen LogP contribution is -2.17. The monoisotopic (exact) mass is 275 g/mol. The molecule has 0 aliphatic carbocycles. The maximum absolute atomic E-state index is 6.27. The first kappa shape index (κ1) is 12.3. The quantitative estimate of drug-likeness (QED) is 0.916. The number of fused-ring (bicyclic) bond motifs is 1. The van der Waals surface area contributed by atoms with Gasteiger partial charge in [0.2, 0.25) is 0 Å². The summed E-state index contributed by atoms with van der Waals surface area (Å²) in [6.07, 6.45) is 0. The lowest BCUT2D eigenvalue weighted by Gasteiger charge is -2.21. The maximum Gasteiger partial charge on any atom is 0.161 e. The van der Waals surface area contributed by atoms with E-state index in [9.17, 15) is 0 Å². The molecule has 19 heavy (non-hydrogen) atoms. The zero-order chi connectivity index (χ0) is 13.2. The van der Waals surface area contributed by atoms with Crippen LogP contribution in [0.4, 0.5) is 0 Å². The van der Waals surface area contributed by atoms with Gasteiger partial charge in [-0.3, -0.25) is 0 Å². The van der Waals surface area contributed by atoms with Crippen LogP contribution in [0.1, 0.15) is 17.2 Å². The van der Waals surface area contributed by atoms with Crippen molar-refractivity contribution >= 4 is 11.6 Å². The molecule has 2 aromatic carbocycles. The number of hydrogen-bond acceptors (Lipinski definition) is 3. The van der Waals surface area contributed by atoms with Crippen LogP contribution in [0.25, 0.3) is 0 Å². The van der Waals surface area contributed by atoms with E-state index in [0.717, 1.165) is 22.6 Å². The second-order valence-electron chi connectivity index (χ2n) is 4.40. The van der Waals surface area contributed by atoms with Gasteiger partial charge in [-0.05, 0) is 29.3 Å². The molecule has 1 atom stereocenters. The molecule has 0 bridgehead atoms. The highest BCUT2D eigenvalue weighted by Gasteiger charge is 2.17. The van der Waals surface area contributed by atoms with Crippen molar-refractivity contribution < 1.29 is 9.47 Å². The molecule has 1 aliphatic heterocycles. The van der Waals surface area contributed by atoms with Crippen LogP contribution in [0.3, 0.4) is 0 Å². The Morgan fingerprint density at radius 1 is 1.00 bits per heavy atom. The lowest BCUT2D eigenvalue weighted by molar-refractivity contribution is 0.171. The summed E-state index contributed by atoms with van der Waals surface area (Å²) in [4.78, 5) is 0. The number of nitrogens with two attached hydrogens (primary N) is 1. The summed E-state index contributed by atoms with van der Waals surface area (Å²) in [6, 6.07) is 13.1. The van der Waals surface area contributed by atoms with Gasteiger partial charge in [0.05, 0.1) is 6.04 Å². The van der Waals surface area contributed by atoms with Crippen molar-refractivity contribution in [1.29, 1.82) is 0 Å². The molecule has 0 radical (unpaired) electrons.